The molecule has 1 aromatic heterocycles. The lowest BCUT2D eigenvalue weighted by atomic mass is 10.1. The van der Waals surface area contributed by atoms with Crippen molar-refractivity contribution in [2.24, 2.45) is 0 Å². The normalized spacial score (nSPS) is 10.4. The van der Waals surface area contributed by atoms with Gasteiger partial charge in [0.2, 0.25) is 5.75 Å². The first-order valence-electron chi connectivity index (χ1n) is 7.77. The van der Waals surface area contributed by atoms with Crippen LogP contribution in [0.3, 0.4) is 0 Å². The predicted octanol–water partition coefficient (Wildman–Crippen LogP) is 3.70. The van der Waals surface area contributed by atoms with E-state index in [1.54, 1.807) is 30.3 Å². The van der Waals surface area contributed by atoms with Crippen LogP contribution in [0.2, 0.25) is 0 Å². The van der Waals surface area contributed by atoms with E-state index in [2.05, 4.69) is 10.3 Å². The highest BCUT2D eigenvalue weighted by Gasteiger charge is 2.15. The number of para-hydroxylation sites is 1. The molecular weight excluding hydrogens is 336 g/mol. The number of nitrogens with one attached hydrogen (secondary N) is 1. The maximum absolute atomic E-state index is 11.6. The summed E-state index contributed by atoms with van der Waals surface area (Å²) in [5.41, 5.74) is 1.38. The molecule has 0 aliphatic rings. The second-order valence-electron chi connectivity index (χ2n) is 5.42. The number of hydrogen-bond donors (Lipinski definition) is 2. The summed E-state index contributed by atoms with van der Waals surface area (Å²) in [5, 5.41) is 13.2. The van der Waals surface area contributed by atoms with Crippen LogP contribution in [0.15, 0.2) is 42.5 Å². The highest BCUT2D eigenvalue weighted by atomic mass is 16.5. The topological polar surface area (TPSA) is 89.9 Å². The molecule has 0 radical (unpaired) electrons. The molecule has 0 fully saturated rings. The van der Waals surface area contributed by atoms with E-state index in [0.29, 0.717) is 39.7 Å². The first kappa shape index (κ1) is 17.3. The van der Waals surface area contributed by atoms with E-state index in [1.165, 1.54) is 27.4 Å². The smallest absolute Gasteiger partial charge is 0.336 e. The Kier molecular flexibility index (Phi) is 4.79. The highest BCUT2D eigenvalue weighted by molar-refractivity contribution is 6.03. The quantitative estimate of drug-likeness (QED) is 0.697. The van der Waals surface area contributed by atoms with Gasteiger partial charge >= 0.3 is 5.97 Å². The van der Waals surface area contributed by atoms with Crippen molar-refractivity contribution in [2.45, 2.75) is 0 Å². The first-order chi connectivity index (χ1) is 12.6. The Balaban J connectivity index is 2.08. The molecule has 0 spiro atoms. The third kappa shape index (κ3) is 3.19. The van der Waals surface area contributed by atoms with Crippen molar-refractivity contribution >= 4 is 28.4 Å². The van der Waals surface area contributed by atoms with Gasteiger partial charge in [-0.05, 0) is 12.1 Å². The minimum absolute atomic E-state index is 0.172. The number of hydrogen-bond acceptors (Lipinski definition) is 6. The van der Waals surface area contributed by atoms with Crippen molar-refractivity contribution in [1.29, 1.82) is 0 Å². The molecular formula is C19H18N2O5. The van der Waals surface area contributed by atoms with E-state index in [1.807, 2.05) is 6.07 Å². The fraction of sp³-hybridized carbons (Fsp3) is 0.158. The maximum atomic E-state index is 11.6. The molecule has 26 heavy (non-hydrogen) atoms. The number of carboxylic acid groups (broad SMARTS) is 1. The molecule has 2 aromatic carbocycles. The molecule has 3 rings (SSSR count). The number of carboxylic acids is 1. The van der Waals surface area contributed by atoms with Crippen LogP contribution in [0, 0.1) is 0 Å². The second-order valence-corrected chi connectivity index (χ2v) is 5.42. The summed E-state index contributed by atoms with van der Waals surface area (Å²) in [6, 6.07) is 12.0. The SMILES string of the molecule is COc1cc(Nc2cc(C(=O)O)c3ccccc3n2)cc(OC)c1OC. The van der Waals surface area contributed by atoms with Crippen molar-refractivity contribution in [2.75, 3.05) is 26.6 Å². The number of aromatic carboxylic acids is 1. The van der Waals surface area contributed by atoms with E-state index < -0.39 is 5.97 Å². The summed E-state index contributed by atoms with van der Waals surface area (Å²) >= 11 is 0. The average Bonchev–Trinajstić information content (AvgIpc) is 2.66. The largest absolute Gasteiger partial charge is 0.493 e. The molecule has 7 nitrogen and oxygen atoms in total. The van der Waals surface area contributed by atoms with Crippen LogP contribution in [-0.2, 0) is 0 Å². The van der Waals surface area contributed by atoms with Crippen LogP contribution in [0.4, 0.5) is 11.5 Å². The third-order valence-electron chi connectivity index (χ3n) is 3.88. The predicted molar refractivity (Wildman–Crippen MR) is 98.1 cm³/mol. The molecule has 134 valence electrons. The van der Waals surface area contributed by atoms with Crippen molar-refractivity contribution in [3.8, 4) is 17.2 Å². The van der Waals surface area contributed by atoms with Gasteiger partial charge in [-0.3, -0.25) is 0 Å². The summed E-state index contributed by atoms with van der Waals surface area (Å²) < 4.78 is 16.0. The number of carbonyl (C=O) groups is 1. The van der Waals surface area contributed by atoms with Crippen LogP contribution in [-0.4, -0.2) is 37.4 Å². The number of methoxy groups -OCH3 is 3. The molecule has 0 bridgehead atoms. The summed E-state index contributed by atoms with van der Waals surface area (Å²) in [5.74, 6) is 0.812. The van der Waals surface area contributed by atoms with Gasteiger partial charge in [0.15, 0.2) is 11.5 Å². The zero-order valence-corrected chi connectivity index (χ0v) is 14.6. The zero-order valence-electron chi connectivity index (χ0n) is 14.6. The lowest BCUT2D eigenvalue weighted by molar-refractivity contribution is 0.0699. The van der Waals surface area contributed by atoms with Crippen LogP contribution in [0.1, 0.15) is 10.4 Å². The molecule has 0 unspecified atom stereocenters. The van der Waals surface area contributed by atoms with Crippen LogP contribution in [0.5, 0.6) is 17.2 Å². The monoisotopic (exact) mass is 354 g/mol. The Bertz CT molecular complexity index is 946. The van der Waals surface area contributed by atoms with Gasteiger partial charge in [0.05, 0.1) is 32.4 Å². The van der Waals surface area contributed by atoms with Crippen molar-refractivity contribution in [3.05, 3.63) is 48.0 Å². The van der Waals surface area contributed by atoms with Gasteiger partial charge in [-0.15, -0.1) is 0 Å². The standard InChI is InChI=1S/C19H18N2O5/c1-24-15-8-11(9-16(25-2)18(15)26-3)20-17-10-13(19(22)23)12-6-4-5-7-14(12)21-17/h4-10H,1-3H3,(H,20,21)(H,22,23). The summed E-state index contributed by atoms with van der Waals surface area (Å²) in [6.45, 7) is 0. The number of anilines is 2. The molecule has 2 N–H and O–H groups in total. The van der Waals surface area contributed by atoms with Gasteiger partial charge in [0, 0.05) is 23.2 Å². The van der Waals surface area contributed by atoms with E-state index in [9.17, 15) is 9.90 Å². The summed E-state index contributed by atoms with van der Waals surface area (Å²) in [6.07, 6.45) is 0. The maximum Gasteiger partial charge on any atom is 0.336 e. The second kappa shape index (κ2) is 7.18. The Morgan fingerprint density at radius 2 is 1.65 bits per heavy atom. The Morgan fingerprint density at radius 3 is 2.23 bits per heavy atom. The lowest BCUT2D eigenvalue weighted by Gasteiger charge is -2.15. The van der Waals surface area contributed by atoms with Crippen LogP contribution < -0.4 is 19.5 Å². The molecule has 3 aromatic rings. The number of benzene rings is 2. The van der Waals surface area contributed by atoms with Crippen molar-refractivity contribution in [3.63, 3.8) is 0 Å². The number of nitrogens with zero attached hydrogens (tertiary/aromatic N) is 1. The van der Waals surface area contributed by atoms with E-state index in [4.69, 9.17) is 14.2 Å². The molecule has 0 aliphatic carbocycles. The number of fused-ring (bicyclic) bond motifs is 1. The average molecular weight is 354 g/mol. The Hall–Kier alpha value is -3.48. The van der Waals surface area contributed by atoms with Crippen LogP contribution in [0.25, 0.3) is 10.9 Å². The van der Waals surface area contributed by atoms with Gasteiger partial charge in [0.25, 0.3) is 0 Å². The van der Waals surface area contributed by atoms with Gasteiger partial charge in [-0.1, -0.05) is 18.2 Å². The first-order valence-corrected chi connectivity index (χ1v) is 7.77. The van der Waals surface area contributed by atoms with Gasteiger partial charge in [-0.2, -0.15) is 0 Å². The number of pyridine rings is 1. The van der Waals surface area contributed by atoms with Crippen molar-refractivity contribution < 1.29 is 24.1 Å². The molecule has 0 saturated heterocycles. The number of aromatic nitrogens is 1. The highest BCUT2D eigenvalue weighted by Crippen LogP contribution is 2.40. The van der Waals surface area contributed by atoms with Gasteiger partial charge < -0.3 is 24.6 Å². The van der Waals surface area contributed by atoms with Crippen molar-refractivity contribution in [1.82, 2.24) is 4.98 Å². The van der Waals surface area contributed by atoms with E-state index >= 15 is 0 Å². The molecule has 0 amide bonds. The fourth-order valence-electron chi connectivity index (χ4n) is 2.72. The van der Waals surface area contributed by atoms with E-state index in [0.717, 1.165) is 0 Å². The van der Waals surface area contributed by atoms with E-state index in [-0.39, 0.29) is 5.56 Å². The van der Waals surface area contributed by atoms with Crippen LogP contribution >= 0.6 is 0 Å². The minimum Gasteiger partial charge on any atom is -0.493 e. The number of ether oxygens (including phenoxy) is 3. The zero-order chi connectivity index (χ0) is 18.7. The molecule has 0 saturated carbocycles. The molecule has 0 aliphatic heterocycles. The molecule has 7 heteroatoms. The van der Waals surface area contributed by atoms with Gasteiger partial charge in [0.1, 0.15) is 5.82 Å². The Morgan fingerprint density at radius 1 is 1.00 bits per heavy atom. The minimum atomic E-state index is -1.02. The summed E-state index contributed by atoms with van der Waals surface area (Å²) in [7, 11) is 4.58. The third-order valence-corrected chi connectivity index (χ3v) is 3.88. The lowest BCUT2D eigenvalue weighted by Crippen LogP contribution is -2.03. The number of rotatable bonds is 6. The fourth-order valence-corrected chi connectivity index (χ4v) is 2.72. The van der Waals surface area contributed by atoms with Gasteiger partial charge in [-0.25, -0.2) is 9.78 Å². The summed E-state index contributed by atoms with van der Waals surface area (Å²) in [4.78, 5) is 16.1. The molecule has 1 heterocycles. The Labute approximate surface area is 150 Å². The molecule has 0 atom stereocenters.